The Bertz CT molecular complexity index is 640. The summed E-state index contributed by atoms with van der Waals surface area (Å²) in [5, 5.41) is 4.39. The molecule has 0 radical (unpaired) electrons. The average molecular weight is 311 g/mol. The SMILES string of the molecule is CC1CC(C)CN(C(=O)CCc2cnn(-c3ccccc3)c2)C1. The fraction of sp³-hybridized carbons (Fsp3) is 0.474. The number of para-hydroxylation sites is 1. The van der Waals surface area contributed by atoms with Crippen LogP contribution in [0, 0.1) is 11.8 Å². The van der Waals surface area contributed by atoms with Gasteiger partial charge in [0.05, 0.1) is 11.9 Å². The number of aryl methyl sites for hydroxylation is 1. The van der Waals surface area contributed by atoms with E-state index < -0.39 is 0 Å². The first-order chi connectivity index (χ1) is 11.1. The average Bonchev–Trinajstić information content (AvgIpc) is 3.01. The van der Waals surface area contributed by atoms with Crippen molar-refractivity contribution in [2.24, 2.45) is 11.8 Å². The Morgan fingerprint density at radius 2 is 1.87 bits per heavy atom. The number of carbonyl (C=O) groups excluding carboxylic acids is 1. The van der Waals surface area contributed by atoms with Gasteiger partial charge in [0.2, 0.25) is 5.91 Å². The van der Waals surface area contributed by atoms with Crippen LogP contribution in [0.2, 0.25) is 0 Å². The first-order valence-corrected chi connectivity index (χ1v) is 8.48. The Hall–Kier alpha value is -2.10. The molecule has 1 saturated heterocycles. The van der Waals surface area contributed by atoms with E-state index in [1.54, 1.807) is 0 Å². The zero-order chi connectivity index (χ0) is 16.2. The summed E-state index contributed by atoms with van der Waals surface area (Å²) in [6, 6.07) is 10.0. The molecule has 1 aliphatic rings. The highest BCUT2D eigenvalue weighted by molar-refractivity contribution is 5.76. The molecule has 1 aromatic heterocycles. The summed E-state index contributed by atoms with van der Waals surface area (Å²) in [5.41, 5.74) is 2.16. The number of amides is 1. The second-order valence-corrected chi connectivity index (χ2v) is 6.87. The number of carbonyl (C=O) groups is 1. The monoisotopic (exact) mass is 311 g/mol. The molecule has 2 atom stereocenters. The minimum atomic E-state index is 0.274. The van der Waals surface area contributed by atoms with Crippen LogP contribution in [0.4, 0.5) is 0 Å². The van der Waals surface area contributed by atoms with Gasteiger partial charge in [-0.05, 0) is 42.4 Å². The number of rotatable bonds is 4. The van der Waals surface area contributed by atoms with Gasteiger partial charge in [0, 0.05) is 25.7 Å². The van der Waals surface area contributed by atoms with Crippen LogP contribution in [0.1, 0.15) is 32.3 Å². The van der Waals surface area contributed by atoms with Crippen molar-refractivity contribution >= 4 is 5.91 Å². The molecule has 0 spiro atoms. The Kier molecular flexibility index (Phi) is 4.79. The van der Waals surface area contributed by atoms with Crippen LogP contribution in [-0.4, -0.2) is 33.7 Å². The maximum atomic E-state index is 12.4. The van der Waals surface area contributed by atoms with Gasteiger partial charge in [0.1, 0.15) is 0 Å². The number of hydrogen-bond donors (Lipinski definition) is 0. The van der Waals surface area contributed by atoms with E-state index >= 15 is 0 Å². The van der Waals surface area contributed by atoms with Gasteiger partial charge in [-0.15, -0.1) is 0 Å². The summed E-state index contributed by atoms with van der Waals surface area (Å²) in [6.45, 7) is 6.29. The number of likely N-dealkylation sites (tertiary alicyclic amines) is 1. The summed E-state index contributed by atoms with van der Waals surface area (Å²) in [5.74, 6) is 1.50. The number of nitrogens with zero attached hydrogens (tertiary/aromatic N) is 3. The van der Waals surface area contributed by atoms with E-state index in [0.29, 0.717) is 18.3 Å². The van der Waals surface area contributed by atoms with E-state index in [1.165, 1.54) is 6.42 Å². The smallest absolute Gasteiger partial charge is 0.222 e. The van der Waals surface area contributed by atoms with Crippen molar-refractivity contribution in [3.8, 4) is 5.69 Å². The number of hydrogen-bond acceptors (Lipinski definition) is 2. The topological polar surface area (TPSA) is 38.1 Å². The van der Waals surface area contributed by atoms with E-state index in [-0.39, 0.29) is 5.91 Å². The van der Waals surface area contributed by atoms with Crippen LogP contribution in [0.25, 0.3) is 5.69 Å². The molecular weight excluding hydrogens is 286 g/mol. The first kappa shape index (κ1) is 15.8. The summed E-state index contributed by atoms with van der Waals surface area (Å²) in [6.07, 6.45) is 6.43. The van der Waals surface area contributed by atoms with Crippen molar-refractivity contribution in [1.29, 1.82) is 0 Å². The van der Waals surface area contributed by atoms with Crippen molar-refractivity contribution in [2.45, 2.75) is 33.1 Å². The lowest BCUT2D eigenvalue weighted by Gasteiger charge is -2.35. The third kappa shape index (κ3) is 4.01. The molecule has 1 amide bonds. The van der Waals surface area contributed by atoms with Crippen LogP contribution in [0.5, 0.6) is 0 Å². The predicted molar refractivity (Wildman–Crippen MR) is 91.4 cm³/mol. The van der Waals surface area contributed by atoms with Gasteiger partial charge >= 0.3 is 0 Å². The maximum absolute atomic E-state index is 12.4. The minimum Gasteiger partial charge on any atom is -0.342 e. The van der Waals surface area contributed by atoms with E-state index in [4.69, 9.17) is 0 Å². The third-order valence-electron chi connectivity index (χ3n) is 4.51. The largest absolute Gasteiger partial charge is 0.342 e. The molecule has 2 heterocycles. The molecule has 3 rings (SSSR count). The van der Waals surface area contributed by atoms with Crippen molar-refractivity contribution < 1.29 is 4.79 Å². The van der Waals surface area contributed by atoms with Crippen LogP contribution in [0.15, 0.2) is 42.7 Å². The zero-order valence-corrected chi connectivity index (χ0v) is 14.0. The van der Waals surface area contributed by atoms with Gasteiger partial charge in [-0.1, -0.05) is 32.0 Å². The standard InChI is InChI=1S/C19H25N3O/c1-15-10-16(2)13-21(12-15)19(23)9-8-17-11-20-22(14-17)18-6-4-3-5-7-18/h3-7,11,14-16H,8-10,12-13H2,1-2H3. The van der Waals surface area contributed by atoms with Gasteiger partial charge in [0.25, 0.3) is 0 Å². The van der Waals surface area contributed by atoms with Crippen molar-refractivity contribution in [2.75, 3.05) is 13.1 Å². The van der Waals surface area contributed by atoms with Crippen molar-refractivity contribution in [3.05, 3.63) is 48.3 Å². The zero-order valence-electron chi connectivity index (χ0n) is 14.0. The fourth-order valence-electron chi connectivity index (χ4n) is 3.49. The second-order valence-electron chi connectivity index (χ2n) is 6.87. The molecule has 23 heavy (non-hydrogen) atoms. The third-order valence-corrected chi connectivity index (χ3v) is 4.51. The van der Waals surface area contributed by atoms with Gasteiger partial charge in [0.15, 0.2) is 0 Å². The molecule has 4 heteroatoms. The van der Waals surface area contributed by atoms with Gasteiger partial charge < -0.3 is 4.90 Å². The summed E-state index contributed by atoms with van der Waals surface area (Å²) in [4.78, 5) is 14.5. The first-order valence-electron chi connectivity index (χ1n) is 8.48. The normalized spacial score (nSPS) is 21.4. The Labute approximate surface area is 138 Å². The molecule has 2 aromatic rings. The molecule has 0 bridgehead atoms. The lowest BCUT2D eigenvalue weighted by molar-refractivity contribution is -0.133. The Balaban J connectivity index is 1.56. The maximum Gasteiger partial charge on any atom is 0.222 e. The quantitative estimate of drug-likeness (QED) is 0.869. The molecule has 1 fully saturated rings. The molecular formula is C19H25N3O. The highest BCUT2D eigenvalue weighted by Gasteiger charge is 2.24. The molecule has 4 nitrogen and oxygen atoms in total. The molecule has 1 aliphatic heterocycles. The molecule has 0 saturated carbocycles. The Morgan fingerprint density at radius 1 is 1.17 bits per heavy atom. The molecule has 0 aliphatic carbocycles. The van der Waals surface area contributed by atoms with Gasteiger partial charge in [-0.3, -0.25) is 4.79 Å². The number of aromatic nitrogens is 2. The summed E-state index contributed by atoms with van der Waals surface area (Å²) < 4.78 is 1.87. The summed E-state index contributed by atoms with van der Waals surface area (Å²) >= 11 is 0. The highest BCUT2D eigenvalue weighted by Crippen LogP contribution is 2.21. The van der Waals surface area contributed by atoms with Crippen LogP contribution in [0.3, 0.4) is 0 Å². The van der Waals surface area contributed by atoms with Gasteiger partial charge in [-0.2, -0.15) is 5.10 Å². The number of piperidine rings is 1. The summed E-state index contributed by atoms with van der Waals surface area (Å²) in [7, 11) is 0. The van der Waals surface area contributed by atoms with Crippen LogP contribution >= 0.6 is 0 Å². The number of benzene rings is 1. The van der Waals surface area contributed by atoms with E-state index in [2.05, 4.69) is 18.9 Å². The van der Waals surface area contributed by atoms with E-state index in [1.807, 2.05) is 52.3 Å². The Morgan fingerprint density at radius 3 is 2.57 bits per heavy atom. The lowest BCUT2D eigenvalue weighted by Crippen LogP contribution is -2.42. The van der Waals surface area contributed by atoms with Crippen LogP contribution in [-0.2, 0) is 11.2 Å². The van der Waals surface area contributed by atoms with E-state index in [9.17, 15) is 4.79 Å². The highest BCUT2D eigenvalue weighted by atomic mass is 16.2. The molecule has 1 aromatic carbocycles. The molecule has 2 unspecified atom stereocenters. The minimum absolute atomic E-state index is 0.274. The molecule has 122 valence electrons. The van der Waals surface area contributed by atoms with E-state index in [0.717, 1.165) is 30.8 Å². The molecule has 0 N–H and O–H groups in total. The predicted octanol–water partition coefficient (Wildman–Crippen LogP) is 3.31. The second kappa shape index (κ2) is 6.99. The van der Waals surface area contributed by atoms with Gasteiger partial charge in [-0.25, -0.2) is 4.68 Å². The van der Waals surface area contributed by atoms with Crippen LogP contribution < -0.4 is 0 Å². The van der Waals surface area contributed by atoms with Crippen molar-refractivity contribution in [1.82, 2.24) is 14.7 Å². The fourth-order valence-corrected chi connectivity index (χ4v) is 3.49. The van der Waals surface area contributed by atoms with Crippen molar-refractivity contribution in [3.63, 3.8) is 0 Å². The lowest BCUT2D eigenvalue weighted by atomic mass is 9.91.